The Morgan fingerprint density at radius 2 is 1.89 bits per heavy atom. The van der Waals surface area contributed by atoms with Crippen LogP contribution in [0.3, 0.4) is 0 Å². The summed E-state index contributed by atoms with van der Waals surface area (Å²) < 4.78 is 1.20. The van der Waals surface area contributed by atoms with Crippen LogP contribution >= 0.6 is 11.3 Å². The van der Waals surface area contributed by atoms with E-state index in [9.17, 15) is 4.79 Å². The fourth-order valence-electron chi connectivity index (χ4n) is 3.72. The van der Waals surface area contributed by atoms with Crippen LogP contribution in [0.25, 0.3) is 21.1 Å². The summed E-state index contributed by atoms with van der Waals surface area (Å²) in [7, 11) is 0. The molecule has 1 fully saturated rings. The second kappa shape index (κ2) is 7.16. The first-order valence-corrected chi connectivity index (χ1v) is 10.3. The SMILES string of the molecule is O=C(Nc1cc2ccccc2nn1)C1CCN(c2ccc3scnc3c2)CC1. The van der Waals surface area contributed by atoms with E-state index in [1.54, 1.807) is 11.3 Å². The van der Waals surface area contributed by atoms with E-state index in [1.807, 2.05) is 35.8 Å². The molecular weight excluding hydrogens is 370 g/mol. The number of nitrogens with zero attached hydrogens (tertiary/aromatic N) is 4. The highest BCUT2D eigenvalue weighted by Gasteiger charge is 2.25. The van der Waals surface area contributed by atoms with E-state index >= 15 is 0 Å². The highest BCUT2D eigenvalue weighted by atomic mass is 32.1. The monoisotopic (exact) mass is 389 g/mol. The Morgan fingerprint density at radius 3 is 2.79 bits per heavy atom. The molecule has 6 nitrogen and oxygen atoms in total. The van der Waals surface area contributed by atoms with E-state index in [1.165, 1.54) is 10.4 Å². The minimum Gasteiger partial charge on any atom is -0.371 e. The zero-order chi connectivity index (χ0) is 18.9. The Balaban J connectivity index is 1.23. The number of nitrogens with one attached hydrogen (secondary N) is 1. The van der Waals surface area contributed by atoms with Gasteiger partial charge in [-0.15, -0.1) is 21.5 Å². The van der Waals surface area contributed by atoms with Gasteiger partial charge in [0.25, 0.3) is 0 Å². The van der Waals surface area contributed by atoms with Gasteiger partial charge in [0, 0.05) is 30.1 Å². The standard InChI is InChI=1S/C21H19N5OS/c27-21(23-20-11-15-3-1-2-4-17(15)24-25-20)14-7-9-26(10-8-14)16-5-6-19-18(12-16)22-13-28-19/h1-6,11-14H,7-10H2,(H,23,25,27). The van der Waals surface area contributed by atoms with Crippen LogP contribution in [0, 0.1) is 5.92 Å². The minimum absolute atomic E-state index is 0.00692. The molecule has 140 valence electrons. The molecule has 3 heterocycles. The Labute approximate surface area is 166 Å². The molecule has 0 unspecified atom stereocenters. The summed E-state index contributed by atoms with van der Waals surface area (Å²) >= 11 is 1.65. The molecule has 2 aromatic carbocycles. The number of benzene rings is 2. The molecule has 0 atom stereocenters. The van der Waals surface area contributed by atoms with E-state index in [0.717, 1.165) is 42.4 Å². The maximum Gasteiger partial charge on any atom is 0.228 e. The van der Waals surface area contributed by atoms with E-state index in [2.05, 4.69) is 43.6 Å². The summed E-state index contributed by atoms with van der Waals surface area (Å²) in [5.74, 6) is 0.534. The van der Waals surface area contributed by atoms with E-state index in [4.69, 9.17) is 0 Å². The van der Waals surface area contributed by atoms with Gasteiger partial charge in [-0.05, 0) is 43.2 Å². The van der Waals surface area contributed by atoms with Crippen molar-refractivity contribution in [1.29, 1.82) is 0 Å². The van der Waals surface area contributed by atoms with E-state index in [0.29, 0.717) is 5.82 Å². The van der Waals surface area contributed by atoms with Crippen molar-refractivity contribution in [2.45, 2.75) is 12.8 Å². The summed E-state index contributed by atoms with van der Waals surface area (Å²) in [6, 6.07) is 16.0. The smallest absolute Gasteiger partial charge is 0.228 e. The van der Waals surface area contributed by atoms with Gasteiger partial charge in [-0.2, -0.15) is 0 Å². The molecule has 1 saturated heterocycles. The summed E-state index contributed by atoms with van der Waals surface area (Å²) in [5, 5.41) is 12.2. The minimum atomic E-state index is -0.00692. The topological polar surface area (TPSA) is 71.0 Å². The first-order valence-electron chi connectivity index (χ1n) is 9.38. The van der Waals surface area contributed by atoms with Crippen molar-refractivity contribution in [3.8, 4) is 0 Å². The molecule has 28 heavy (non-hydrogen) atoms. The molecule has 0 aliphatic carbocycles. The van der Waals surface area contributed by atoms with Gasteiger partial charge in [0.1, 0.15) is 0 Å². The van der Waals surface area contributed by atoms with E-state index in [-0.39, 0.29) is 11.8 Å². The fourth-order valence-corrected chi connectivity index (χ4v) is 4.38. The van der Waals surface area contributed by atoms with Crippen molar-refractivity contribution in [1.82, 2.24) is 15.2 Å². The Bertz CT molecular complexity index is 1150. The van der Waals surface area contributed by atoms with Gasteiger partial charge < -0.3 is 10.2 Å². The summed E-state index contributed by atoms with van der Waals surface area (Å²) in [5.41, 5.74) is 4.92. The van der Waals surface area contributed by atoms with Gasteiger partial charge in [-0.25, -0.2) is 4.98 Å². The number of hydrogen-bond acceptors (Lipinski definition) is 6. The third-order valence-corrected chi connectivity index (χ3v) is 6.10. The lowest BCUT2D eigenvalue weighted by Gasteiger charge is -2.32. The maximum atomic E-state index is 12.7. The summed E-state index contributed by atoms with van der Waals surface area (Å²) in [6.45, 7) is 1.72. The number of hydrogen-bond donors (Lipinski definition) is 1. The van der Waals surface area contributed by atoms with Crippen molar-refractivity contribution in [3.05, 3.63) is 54.0 Å². The van der Waals surface area contributed by atoms with Crippen LogP contribution in [0.15, 0.2) is 54.0 Å². The molecule has 0 radical (unpaired) electrons. The number of amides is 1. The molecule has 0 spiro atoms. The molecule has 0 saturated carbocycles. The van der Waals surface area contributed by atoms with Crippen LogP contribution in [0.4, 0.5) is 11.5 Å². The normalized spacial score (nSPS) is 15.2. The lowest BCUT2D eigenvalue weighted by Crippen LogP contribution is -2.38. The zero-order valence-corrected chi connectivity index (χ0v) is 16.0. The molecule has 1 aliphatic rings. The molecule has 5 rings (SSSR count). The van der Waals surface area contributed by atoms with Crippen molar-refractivity contribution < 1.29 is 4.79 Å². The number of aromatic nitrogens is 3. The van der Waals surface area contributed by atoms with Crippen LogP contribution in [0.5, 0.6) is 0 Å². The number of carbonyl (C=O) groups excluding carboxylic acids is 1. The molecule has 2 aromatic heterocycles. The van der Waals surface area contributed by atoms with Gasteiger partial charge in [-0.3, -0.25) is 4.79 Å². The highest BCUT2D eigenvalue weighted by molar-refractivity contribution is 7.16. The predicted molar refractivity (Wildman–Crippen MR) is 113 cm³/mol. The molecular formula is C21H19N5OS. The maximum absolute atomic E-state index is 12.7. The molecule has 1 amide bonds. The van der Waals surface area contributed by atoms with Gasteiger partial charge in [0.05, 0.1) is 21.2 Å². The highest BCUT2D eigenvalue weighted by Crippen LogP contribution is 2.28. The van der Waals surface area contributed by atoms with Crippen molar-refractivity contribution in [2.75, 3.05) is 23.3 Å². The molecule has 1 aliphatic heterocycles. The molecule has 0 bridgehead atoms. The lowest BCUT2D eigenvalue weighted by molar-refractivity contribution is -0.120. The number of thiazole rings is 1. The Kier molecular flexibility index (Phi) is 4.37. The van der Waals surface area contributed by atoms with Crippen LogP contribution < -0.4 is 10.2 Å². The Hall–Kier alpha value is -3.06. The third kappa shape index (κ3) is 3.29. The molecule has 7 heteroatoms. The number of rotatable bonds is 3. The lowest BCUT2D eigenvalue weighted by atomic mass is 9.95. The number of anilines is 2. The first kappa shape index (κ1) is 17.1. The molecule has 1 N–H and O–H groups in total. The quantitative estimate of drug-likeness (QED) is 0.571. The predicted octanol–water partition coefficient (Wildman–Crippen LogP) is 4.09. The number of carbonyl (C=O) groups is 1. The van der Waals surface area contributed by atoms with Gasteiger partial charge in [0.15, 0.2) is 5.82 Å². The van der Waals surface area contributed by atoms with Crippen molar-refractivity contribution in [3.63, 3.8) is 0 Å². The third-order valence-electron chi connectivity index (χ3n) is 5.29. The second-order valence-electron chi connectivity index (χ2n) is 7.04. The van der Waals surface area contributed by atoms with E-state index < -0.39 is 0 Å². The van der Waals surface area contributed by atoms with Crippen LogP contribution in [0.1, 0.15) is 12.8 Å². The summed E-state index contributed by atoms with van der Waals surface area (Å²) in [4.78, 5) is 19.4. The first-order chi connectivity index (χ1) is 13.8. The largest absolute Gasteiger partial charge is 0.371 e. The van der Waals surface area contributed by atoms with Crippen molar-refractivity contribution >= 4 is 49.9 Å². The summed E-state index contributed by atoms with van der Waals surface area (Å²) in [6.07, 6.45) is 1.64. The van der Waals surface area contributed by atoms with Crippen LogP contribution in [-0.2, 0) is 4.79 Å². The van der Waals surface area contributed by atoms with Gasteiger partial charge in [0.2, 0.25) is 5.91 Å². The van der Waals surface area contributed by atoms with Crippen LogP contribution in [-0.4, -0.2) is 34.2 Å². The molecule has 4 aromatic rings. The van der Waals surface area contributed by atoms with Crippen molar-refractivity contribution in [2.24, 2.45) is 5.92 Å². The fraction of sp³-hybridized carbons (Fsp3) is 0.238. The van der Waals surface area contributed by atoms with Gasteiger partial charge >= 0.3 is 0 Å². The number of fused-ring (bicyclic) bond motifs is 2. The average Bonchev–Trinajstić information content (AvgIpc) is 3.21. The average molecular weight is 389 g/mol. The number of piperidine rings is 1. The Morgan fingerprint density at radius 1 is 1.04 bits per heavy atom. The van der Waals surface area contributed by atoms with Gasteiger partial charge in [-0.1, -0.05) is 18.2 Å². The zero-order valence-electron chi connectivity index (χ0n) is 15.2. The second-order valence-corrected chi connectivity index (χ2v) is 7.93. The van der Waals surface area contributed by atoms with Crippen LogP contribution in [0.2, 0.25) is 0 Å².